The maximum atomic E-state index is 12.7. The minimum absolute atomic E-state index is 0.0371. The van der Waals surface area contributed by atoms with E-state index in [1.807, 2.05) is 20.9 Å². The molecule has 120 valence electrons. The van der Waals surface area contributed by atoms with Gasteiger partial charge >= 0.3 is 6.03 Å². The van der Waals surface area contributed by atoms with Gasteiger partial charge in [-0.3, -0.25) is 4.79 Å². The maximum Gasteiger partial charge on any atom is 0.319 e. The highest BCUT2D eigenvalue weighted by Gasteiger charge is 2.25. The Bertz CT molecular complexity index is 539. The summed E-state index contributed by atoms with van der Waals surface area (Å²) in [4.78, 5) is 26.3. The molecule has 1 atom stereocenters. The minimum Gasteiger partial charge on any atom is -0.337 e. The van der Waals surface area contributed by atoms with E-state index in [0.717, 1.165) is 19.5 Å². The molecule has 0 saturated carbocycles. The average molecular weight is 304 g/mol. The Morgan fingerprint density at radius 2 is 2.05 bits per heavy atom. The number of likely N-dealkylation sites (N-methyl/N-ethyl adjacent to an activating group) is 1. The van der Waals surface area contributed by atoms with Crippen molar-refractivity contribution in [3.05, 3.63) is 29.8 Å². The molecule has 1 aliphatic heterocycles. The third kappa shape index (κ3) is 3.98. The standard InChI is InChI=1S/C16H24N4O2/c1-11(2)18-16(22)19-14-7-5-4-6-13(14)15(21)20(3)12-8-9-17-10-12/h4-7,11-12,17H,8-10H2,1-3H3,(H2,18,19,22). The number of nitrogens with one attached hydrogen (secondary N) is 3. The SMILES string of the molecule is CC(C)NC(=O)Nc1ccccc1C(=O)N(C)C1CCNC1. The molecule has 0 aromatic heterocycles. The van der Waals surface area contributed by atoms with Crippen molar-refractivity contribution in [3.63, 3.8) is 0 Å². The summed E-state index contributed by atoms with van der Waals surface area (Å²) in [5, 5.41) is 8.77. The van der Waals surface area contributed by atoms with E-state index < -0.39 is 0 Å². The van der Waals surface area contributed by atoms with E-state index in [1.54, 1.807) is 29.2 Å². The summed E-state index contributed by atoms with van der Waals surface area (Å²) in [6, 6.07) is 7.03. The van der Waals surface area contributed by atoms with Crippen LogP contribution < -0.4 is 16.0 Å². The predicted octanol–water partition coefficient (Wildman–Crippen LogP) is 1.65. The number of hydrogen-bond acceptors (Lipinski definition) is 3. The van der Waals surface area contributed by atoms with E-state index in [2.05, 4.69) is 16.0 Å². The molecular weight excluding hydrogens is 280 g/mol. The van der Waals surface area contributed by atoms with Crippen LogP contribution in [0.1, 0.15) is 30.6 Å². The van der Waals surface area contributed by atoms with Gasteiger partial charge in [0.15, 0.2) is 0 Å². The summed E-state index contributed by atoms with van der Waals surface area (Å²) >= 11 is 0. The topological polar surface area (TPSA) is 73.5 Å². The van der Waals surface area contributed by atoms with Gasteiger partial charge in [-0.2, -0.15) is 0 Å². The third-order valence-electron chi connectivity index (χ3n) is 3.73. The van der Waals surface area contributed by atoms with E-state index in [1.165, 1.54) is 0 Å². The first-order valence-electron chi connectivity index (χ1n) is 7.63. The molecule has 3 amide bonds. The van der Waals surface area contributed by atoms with Crippen molar-refractivity contribution in [2.75, 3.05) is 25.5 Å². The van der Waals surface area contributed by atoms with E-state index in [0.29, 0.717) is 11.3 Å². The van der Waals surface area contributed by atoms with Crippen molar-refractivity contribution < 1.29 is 9.59 Å². The van der Waals surface area contributed by atoms with Gasteiger partial charge in [0, 0.05) is 25.7 Å². The van der Waals surface area contributed by atoms with Crippen molar-refractivity contribution in [1.82, 2.24) is 15.5 Å². The molecule has 2 rings (SSSR count). The molecule has 1 aromatic rings. The molecule has 1 saturated heterocycles. The predicted molar refractivity (Wildman–Crippen MR) is 87.1 cm³/mol. The Morgan fingerprint density at radius 3 is 2.68 bits per heavy atom. The van der Waals surface area contributed by atoms with Crippen LogP contribution in [0.25, 0.3) is 0 Å². The zero-order chi connectivity index (χ0) is 16.1. The van der Waals surface area contributed by atoms with E-state index in [-0.39, 0.29) is 24.0 Å². The fourth-order valence-electron chi connectivity index (χ4n) is 2.53. The highest BCUT2D eigenvalue weighted by molar-refractivity contribution is 6.03. The van der Waals surface area contributed by atoms with Gasteiger partial charge < -0.3 is 20.9 Å². The Hall–Kier alpha value is -2.08. The van der Waals surface area contributed by atoms with Crippen LogP contribution in [0.5, 0.6) is 0 Å². The van der Waals surface area contributed by atoms with Crippen molar-refractivity contribution in [2.24, 2.45) is 0 Å². The number of amides is 3. The maximum absolute atomic E-state index is 12.7. The largest absolute Gasteiger partial charge is 0.337 e. The summed E-state index contributed by atoms with van der Waals surface area (Å²) in [6.07, 6.45) is 0.950. The molecule has 6 nitrogen and oxygen atoms in total. The first kappa shape index (κ1) is 16.3. The molecule has 22 heavy (non-hydrogen) atoms. The van der Waals surface area contributed by atoms with Crippen LogP contribution in [0.3, 0.4) is 0 Å². The van der Waals surface area contributed by atoms with Crippen LogP contribution in [0, 0.1) is 0 Å². The average Bonchev–Trinajstić information content (AvgIpc) is 2.99. The monoisotopic (exact) mass is 304 g/mol. The number of benzene rings is 1. The first-order chi connectivity index (χ1) is 10.5. The van der Waals surface area contributed by atoms with Gasteiger partial charge in [-0.25, -0.2) is 4.79 Å². The van der Waals surface area contributed by atoms with Crippen LogP contribution >= 0.6 is 0 Å². The van der Waals surface area contributed by atoms with Gasteiger partial charge in [0.25, 0.3) is 5.91 Å². The van der Waals surface area contributed by atoms with E-state index >= 15 is 0 Å². The normalized spacial score (nSPS) is 17.4. The van der Waals surface area contributed by atoms with E-state index in [9.17, 15) is 9.59 Å². The number of carbonyl (C=O) groups is 2. The molecule has 6 heteroatoms. The van der Waals surface area contributed by atoms with Crippen molar-refractivity contribution in [1.29, 1.82) is 0 Å². The summed E-state index contributed by atoms with van der Waals surface area (Å²) in [5.74, 6) is -0.0749. The van der Waals surface area contributed by atoms with Gasteiger partial charge in [-0.05, 0) is 38.9 Å². The minimum atomic E-state index is -0.305. The Morgan fingerprint density at radius 1 is 1.32 bits per heavy atom. The van der Waals surface area contributed by atoms with Gasteiger partial charge in [-0.1, -0.05) is 12.1 Å². The first-order valence-corrected chi connectivity index (χ1v) is 7.63. The number of rotatable bonds is 4. The second-order valence-electron chi connectivity index (χ2n) is 5.86. The quantitative estimate of drug-likeness (QED) is 0.792. The fraction of sp³-hybridized carbons (Fsp3) is 0.500. The molecule has 1 aliphatic rings. The summed E-state index contributed by atoms with van der Waals surface area (Å²) < 4.78 is 0. The fourth-order valence-corrected chi connectivity index (χ4v) is 2.53. The molecule has 0 spiro atoms. The Balaban J connectivity index is 2.13. The summed E-state index contributed by atoms with van der Waals surface area (Å²) in [7, 11) is 1.81. The van der Waals surface area contributed by atoms with Gasteiger partial charge in [0.1, 0.15) is 0 Å². The molecule has 1 unspecified atom stereocenters. The van der Waals surface area contributed by atoms with Crippen LogP contribution in [-0.4, -0.2) is 49.1 Å². The molecule has 0 radical (unpaired) electrons. The summed E-state index contributed by atoms with van der Waals surface area (Å²) in [5.41, 5.74) is 1.04. The van der Waals surface area contributed by atoms with E-state index in [4.69, 9.17) is 0 Å². The molecule has 1 fully saturated rings. The lowest BCUT2D eigenvalue weighted by Crippen LogP contribution is -2.39. The lowest BCUT2D eigenvalue weighted by Gasteiger charge is -2.25. The number of hydrogen-bond donors (Lipinski definition) is 3. The van der Waals surface area contributed by atoms with Crippen LogP contribution in [-0.2, 0) is 0 Å². The smallest absolute Gasteiger partial charge is 0.319 e. The molecule has 0 bridgehead atoms. The second kappa shape index (κ2) is 7.26. The molecule has 1 aromatic carbocycles. The summed E-state index contributed by atoms with van der Waals surface area (Å²) in [6.45, 7) is 5.51. The lowest BCUT2D eigenvalue weighted by molar-refractivity contribution is 0.0745. The number of nitrogens with zero attached hydrogens (tertiary/aromatic N) is 1. The van der Waals surface area contributed by atoms with Gasteiger partial charge in [0.2, 0.25) is 0 Å². The number of para-hydroxylation sites is 1. The van der Waals surface area contributed by atoms with Crippen LogP contribution in [0.15, 0.2) is 24.3 Å². The number of anilines is 1. The van der Waals surface area contributed by atoms with Crippen molar-refractivity contribution in [3.8, 4) is 0 Å². The highest BCUT2D eigenvalue weighted by atomic mass is 16.2. The van der Waals surface area contributed by atoms with Crippen LogP contribution in [0.2, 0.25) is 0 Å². The molecular formula is C16H24N4O2. The number of urea groups is 1. The van der Waals surface area contributed by atoms with Gasteiger partial charge in [0.05, 0.1) is 11.3 Å². The second-order valence-corrected chi connectivity index (χ2v) is 5.86. The van der Waals surface area contributed by atoms with Crippen molar-refractivity contribution in [2.45, 2.75) is 32.4 Å². The Labute approximate surface area is 131 Å². The van der Waals surface area contributed by atoms with Gasteiger partial charge in [-0.15, -0.1) is 0 Å². The molecule has 1 heterocycles. The zero-order valence-electron chi connectivity index (χ0n) is 13.3. The number of carbonyl (C=O) groups excluding carboxylic acids is 2. The molecule has 0 aliphatic carbocycles. The Kier molecular flexibility index (Phi) is 5.38. The lowest BCUT2D eigenvalue weighted by atomic mass is 10.1. The van der Waals surface area contributed by atoms with Crippen LogP contribution in [0.4, 0.5) is 10.5 Å². The highest BCUT2D eigenvalue weighted by Crippen LogP contribution is 2.19. The zero-order valence-corrected chi connectivity index (χ0v) is 13.3. The molecule has 3 N–H and O–H groups in total. The van der Waals surface area contributed by atoms with Crippen molar-refractivity contribution >= 4 is 17.6 Å². The third-order valence-corrected chi connectivity index (χ3v) is 3.73.